The average molecular weight is 223 g/mol. The van der Waals surface area contributed by atoms with Gasteiger partial charge in [-0.1, -0.05) is 0 Å². The summed E-state index contributed by atoms with van der Waals surface area (Å²) in [5.74, 6) is -1.89. The molecule has 3 N–H and O–H groups in total. The Kier molecular flexibility index (Phi) is 3.33. The van der Waals surface area contributed by atoms with E-state index in [1.807, 2.05) is 0 Å². The molecule has 0 spiro atoms. The maximum Gasteiger partial charge on any atom is 0.337 e. The molecule has 0 bridgehead atoms. The number of aliphatic hydroxyl groups excluding tert-OH is 1. The van der Waals surface area contributed by atoms with Gasteiger partial charge in [-0.3, -0.25) is 0 Å². The predicted octanol–water partition coefficient (Wildman–Crippen LogP) is 0.390. The van der Waals surface area contributed by atoms with Crippen LogP contribution in [0.3, 0.4) is 0 Å². The number of carboxylic acid groups (broad SMARTS) is 1. The smallest absolute Gasteiger partial charge is 0.337 e. The van der Waals surface area contributed by atoms with Crippen LogP contribution < -0.4 is 4.74 Å². The Morgan fingerprint density at radius 1 is 1.56 bits per heavy atom. The first-order chi connectivity index (χ1) is 7.51. The molecule has 84 valence electrons. The van der Waals surface area contributed by atoms with E-state index in [9.17, 15) is 15.0 Å². The second-order valence-corrected chi connectivity index (χ2v) is 2.97. The summed E-state index contributed by atoms with van der Waals surface area (Å²) in [6.45, 7) is 0. The van der Waals surface area contributed by atoms with Gasteiger partial charge >= 0.3 is 5.97 Å². The zero-order chi connectivity index (χ0) is 12.3. The molecular weight excluding hydrogens is 214 g/mol. The van der Waals surface area contributed by atoms with Gasteiger partial charge in [0.1, 0.15) is 6.07 Å². The monoisotopic (exact) mass is 223 g/mol. The summed E-state index contributed by atoms with van der Waals surface area (Å²) >= 11 is 0. The first-order valence-corrected chi connectivity index (χ1v) is 4.23. The molecular formula is C10H9NO5. The van der Waals surface area contributed by atoms with Gasteiger partial charge in [0, 0.05) is 0 Å². The third-order valence-corrected chi connectivity index (χ3v) is 1.99. The van der Waals surface area contributed by atoms with Crippen molar-refractivity contribution in [2.75, 3.05) is 7.11 Å². The summed E-state index contributed by atoms with van der Waals surface area (Å²) in [5, 5.41) is 36.0. The number of aromatic hydroxyl groups is 1. The number of nitrogens with zero attached hydrogens (tertiary/aromatic N) is 1. The summed E-state index contributed by atoms with van der Waals surface area (Å²) in [6, 6.07) is 3.93. The molecule has 0 amide bonds. The zero-order valence-corrected chi connectivity index (χ0v) is 8.34. The lowest BCUT2D eigenvalue weighted by Gasteiger charge is -2.10. The van der Waals surface area contributed by atoms with Crippen LogP contribution in [-0.4, -0.2) is 28.4 Å². The van der Waals surface area contributed by atoms with E-state index >= 15 is 0 Å². The molecule has 0 aliphatic heterocycles. The summed E-state index contributed by atoms with van der Waals surface area (Å²) in [7, 11) is 1.26. The predicted molar refractivity (Wildman–Crippen MR) is 52.0 cm³/mol. The molecule has 16 heavy (non-hydrogen) atoms. The van der Waals surface area contributed by atoms with Crippen LogP contribution in [0.4, 0.5) is 0 Å². The Hall–Kier alpha value is -2.26. The topological polar surface area (TPSA) is 111 Å². The number of phenolic OH excluding ortho intramolecular Hbond substituents is 1. The van der Waals surface area contributed by atoms with Crippen LogP contribution in [0.1, 0.15) is 17.2 Å². The van der Waals surface area contributed by atoms with E-state index in [1.54, 1.807) is 6.07 Å². The Morgan fingerprint density at radius 3 is 2.62 bits per heavy atom. The van der Waals surface area contributed by atoms with Gasteiger partial charge in [0.15, 0.2) is 17.6 Å². The summed E-state index contributed by atoms with van der Waals surface area (Å²) in [6.07, 6.45) is -1.76. The van der Waals surface area contributed by atoms with Gasteiger partial charge in [0.25, 0.3) is 0 Å². The Balaban J connectivity index is 3.34. The van der Waals surface area contributed by atoms with Gasteiger partial charge < -0.3 is 20.1 Å². The summed E-state index contributed by atoms with van der Waals surface area (Å²) in [5.41, 5.74) is -0.187. The highest BCUT2D eigenvalue weighted by atomic mass is 16.5. The number of carbonyl (C=O) groups is 1. The van der Waals surface area contributed by atoms with Crippen LogP contribution in [0.2, 0.25) is 0 Å². The Labute approximate surface area is 90.9 Å². The van der Waals surface area contributed by atoms with Crippen LogP contribution in [0, 0.1) is 11.3 Å². The van der Waals surface area contributed by atoms with Crippen molar-refractivity contribution < 1.29 is 24.9 Å². The maximum atomic E-state index is 10.5. The van der Waals surface area contributed by atoms with E-state index in [1.165, 1.54) is 7.11 Å². The zero-order valence-electron chi connectivity index (χ0n) is 8.34. The molecule has 0 radical (unpaired) electrons. The first-order valence-electron chi connectivity index (χ1n) is 4.23. The molecule has 0 fully saturated rings. The van der Waals surface area contributed by atoms with E-state index in [2.05, 4.69) is 0 Å². The third kappa shape index (κ3) is 2.04. The second-order valence-electron chi connectivity index (χ2n) is 2.97. The molecule has 0 saturated heterocycles. The minimum absolute atomic E-state index is 0.0290. The maximum absolute atomic E-state index is 10.5. The molecule has 1 unspecified atom stereocenters. The second kappa shape index (κ2) is 4.51. The fraction of sp³-hybridized carbons (Fsp3) is 0.200. The van der Waals surface area contributed by atoms with Crippen molar-refractivity contribution in [1.82, 2.24) is 0 Å². The standard InChI is InChI=1S/C10H9NO5/c1-16-7-3-5(9(13)10(14)15)2-6(4-11)8(7)12/h2-3,9,12-13H,1H3,(H,14,15). The minimum atomic E-state index is -1.76. The number of aliphatic hydroxyl groups is 1. The first kappa shape index (κ1) is 11.8. The molecule has 0 saturated carbocycles. The van der Waals surface area contributed by atoms with E-state index in [0.717, 1.165) is 12.1 Å². The van der Waals surface area contributed by atoms with Crippen LogP contribution in [0.5, 0.6) is 11.5 Å². The largest absolute Gasteiger partial charge is 0.503 e. The summed E-state index contributed by atoms with van der Waals surface area (Å²) in [4.78, 5) is 10.5. The van der Waals surface area contributed by atoms with Gasteiger partial charge in [-0.25, -0.2) is 4.79 Å². The number of hydrogen-bond acceptors (Lipinski definition) is 5. The molecule has 6 nitrogen and oxygen atoms in total. The Bertz CT molecular complexity index is 463. The minimum Gasteiger partial charge on any atom is -0.503 e. The van der Waals surface area contributed by atoms with Crippen molar-refractivity contribution in [1.29, 1.82) is 5.26 Å². The average Bonchev–Trinajstić information content (AvgIpc) is 2.28. The molecule has 0 aliphatic rings. The van der Waals surface area contributed by atoms with Crippen molar-refractivity contribution in [3.63, 3.8) is 0 Å². The van der Waals surface area contributed by atoms with Gasteiger partial charge in [-0.05, 0) is 17.7 Å². The number of methoxy groups -OCH3 is 1. The molecule has 1 aromatic carbocycles. The fourth-order valence-corrected chi connectivity index (χ4v) is 1.17. The van der Waals surface area contributed by atoms with Crippen molar-refractivity contribution in [2.45, 2.75) is 6.10 Å². The lowest BCUT2D eigenvalue weighted by atomic mass is 10.0. The third-order valence-electron chi connectivity index (χ3n) is 1.99. The quantitative estimate of drug-likeness (QED) is 0.683. The van der Waals surface area contributed by atoms with Crippen molar-refractivity contribution in [3.8, 4) is 17.6 Å². The van der Waals surface area contributed by atoms with Crippen molar-refractivity contribution in [2.24, 2.45) is 0 Å². The summed E-state index contributed by atoms with van der Waals surface area (Å²) < 4.78 is 4.75. The highest BCUT2D eigenvalue weighted by Gasteiger charge is 2.20. The molecule has 6 heteroatoms. The van der Waals surface area contributed by atoms with Crippen LogP contribution in [0.15, 0.2) is 12.1 Å². The molecule has 1 aromatic rings. The van der Waals surface area contributed by atoms with Crippen molar-refractivity contribution in [3.05, 3.63) is 23.3 Å². The lowest BCUT2D eigenvalue weighted by molar-refractivity contribution is -0.146. The number of nitriles is 1. The van der Waals surface area contributed by atoms with Gasteiger partial charge in [0.2, 0.25) is 0 Å². The lowest BCUT2D eigenvalue weighted by Crippen LogP contribution is -2.10. The highest BCUT2D eigenvalue weighted by molar-refractivity contribution is 5.75. The molecule has 0 aliphatic carbocycles. The van der Waals surface area contributed by atoms with Crippen LogP contribution in [0.25, 0.3) is 0 Å². The number of hydrogen-bond donors (Lipinski definition) is 3. The van der Waals surface area contributed by atoms with E-state index < -0.39 is 12.1 Å². The number of benzene rings is 1. The van der Waals surface area contributed by atoms with Gasteiger partial charge in [-0.2, -0.15) is 5.26 Å². The fourth-order valence-electron chi connectivity index (χ4n) is 1.17. The van der Waals surface area contributed by atoms with Gasteiger partial charge in [0.05, 0.1) is 12.7 Å². The van der Waals surface area contributed by atoms with E-state index in [-0.39, 0.29) is 22.6 Å². The van der Waals surface area contributed by atoms with Crippen LogP contribution >= 0.6 is 0 Å². The number of aliphatic carboxylic acids is 1. The van der Waals surface area contributed by atoms with E-state index in [0.29, 0.717) is 0 Å². The highest BCUT2D eigenvalue weighted by Crippen LogP contribution is 2.33. The normalized spacial score (nSPS) is 11.6. The number of ether oxygens (including phenoxy) is 1. The van der Waals surface area contributed by atoms with Gasteiger partial charge in [-0.15, -0.1) is 0 Å². The Morgan fingerprint density at radius 2 is 2.19 bits per heavy atom. The molecule has 1 rings (SSSR count). The molecule has 0 aromatic heterocycles. The van der Waals surface area contributed by atoms with Crippen molar-refractivity contribution >= 4 is 5.97 Å². The molecule has 0 heterocycles. The molecule has 1 atom stereocenters. The number of rotatable bonds is 3. The van der Waals surface area contributed by atoms with E-state index in [4.69, 9.17) is 15.1 Å². The SMILES string of the molecule is COc1cc(C(O)C(=O)O)cc(C#N)c1O. The number of phenols is 1. The number of carboxylic acids is 1. The van der Waals surface area contributed by atoms with Crippen LogP contribution in [-0.2, 0) is 4.79 Å².